The van der Waals surface area contributed by atoms with Crippen molar-refractivity contribution in [1.29, 1.82) is 0 Å². The molecule has 0 bridgehead atoms. The Kier molecular flexibility index (Phi) is 6.16. The summed E-state index contributed by atoms with van der Waals surface area (Å²) < 4.78 is 5.42. The van der Waals surface area contributed by atoms with Gasteiger partial charge in [-0.15, -0.1) is 10.2 Å². The van der Waals surface area contributed by atoms with Gasteiger partial charge in [0.1, 0.15) is 5.75 Å². The molecule has 1 aliphatic heterocycles. The number of anilines is 2. The Bertz CT molecular complexity index is 1040. The van der Waals surface area contributed by atoms with Crippen LogP contribution < -0.4 is 15.0 Å². The summed E-state index contributed by atoms with van der Waals surface area (Å²) in [6.07, 6.45) is 1.60. The largest absolute Gasteiger partial charge is 0.496 e. The minimum absolute atomic E-state index is 0.0119. The van der Waals surface area contributed by atoms with Gasteiger partial charge in [-0.25, -0.2) is 0 Å². The molecule has 0 radical (unpaired) electrons. The third-order valence-electron chi connectivity index (χ3n) is 5.71. The van der Waals surface area contributed by atoms with Crippen LogP contribution in [-0.4, -0.2) is 36.3 Å². The van der Waals surface area contributed by atoms with Crippen LogP contribution in [0.1, 0.15) is 24.0 Å². The minimum Gasteiger partial charge on any atom is -0.496 e. The summed E-state index contributed by atoms with van der Waals surface area (Å²) in [5.41, 5.74) is 4.89. The number of methoxy groups -OCH3 is 1. The van der Waals surface area contributed by atoms with Crippen LogP contribution in [0.2, 0.25) is 0 Å². The van der Waals surface area contributed by atoms with E-state index in [1.807, 2.05) is 62.4 Å². The maximum atomic E-state index is 12.7. The number of ether oxygens (including phenoxy) is 1. The van der Waals surface area contributed by atoms with Crippen molar-refractivity contribution in [3.8, 4) is 17.0 Å². The number of amides is 1. The number of carbonyl (C=O) groups excluding carboxylic acids is 1. The lowest BCUT2D eigenvalue weighted by Gasteiger charge is -2.31. The maximum Gasteiger partial charge on any atom is 0.227 e. The van der Waals surface area contributed by atoms with E-state index in [0.717, 1.165) is 65.6 Å². The van der Waals surface area contributed by atoms with E-state index in [-0.39, 0.29) is 11.8 Å². The number of carbonyl (C=O) groups is 1. The molecule has 31 heavy (non-hydrogen) atoms. The lowest BCUT2D eigenvalue weighted by Crippen LogP contribution is -2.38. The van der Waals surface area contributed by atoms with Crippen LogP contribution in [0.5, 0.6) is 5.75 Å². The number of nitrogens with zero attached hydrogens (tertiary/aromatic N) is 3. The highest BCUT2D eigenvalue weighted by atomic mass is 16.5. The Morgan fingerprint density at radius 2 is 1.71 bits per heavy atom. The summed E-state index contributed by atoms with van der Waals surface area (Å²) in [6, 6.07) is 17.9. The molecule has 0 aliphatic carbocycles. The molecule has 0 unspecified atom stereocenters. The number of nitrogens with one attached hydrogen (secondary N) is 1. The van der Waals surface area contributed by atoms with Gasteiger partial charge >= 0.3 is 0 Å². The van der Waals surface area contributed by atoms with Gasteiger partial charge in [0.05, 0.1) is 12.8 Å². The molecular formula is C25H28N4O2. The fraction of sp³-hybridized carbons (Fsp3) is 0.320. The first-order valence-corrected chi connectivity index (χ1v) is 10.6. The fourth-order valence-electron chi connectivity index (χ4n) is 4.16. The quantitative estimate of drug-likeness (QED) is 0.657. The van der Waals surface area contributed by atoms with E-state index >= 15 is 0 Å². The second kappa shape index (κ2) is 9.16. The van der Waals surface area contributed by atoms with Crippen LogP contribution in [-0.2, 0) is 4.79 Å². The van der Waals surface area contributed by atoms with E-state index in [4.69, 9.17) is 4.74 Å². The van der Waals surface area contributed by atoms with Crippen molar-refractivity contribution in [1.82, 2.24) is 10.2 Å². The highest BCUT2D eigenvalue weighted by Crippen LogP contribution is 2.29. The van der Waals surface area contributed by atoms with Crippen molar-refractivity contribution >= 4 is 17.4 Å². The first kappa shape index (κ1) is 20.8. The highest BCUT2D eigenvalue weighted by molar-refractivity contribution is 5.92. The molecule has 2 aromatic carbocycles. The molecule has 1 aliphatic rings. The molecule has 160 valence electrons. The van der Waals surface area contributed by atoms with E-state index < -0.39 is 0 Å². The molecule has 1 aromatic heterocycles. The lowest BCUT2D eigenvalue weighted by atomic mass is 9.95. The lowest BCUT2D eigenvalue weighted by molar-refractivity contribution is -0.120. The SMILES string of the molecule is COc1ccccc1-c1ccc(N2CCC(C(=O)Nc3cc(C)cc(C)c3)CC2)nn1. The summed E-state index contributed by atoms with van der Waals surface area (Å²) in [7, 11) is 1.65. The van der Waals surface area contributed by atoms with Gasteiger partial charge in [-0.05, 0) is 74.2 Å². The monoisotopic (exact) mass is 416 g/mol. The fourth-order valence-corrected chi connectivity index (χ4v) is 4.16. The Balaban J connectivity index is 1.37. The number of hydrogen-bond donors (Lipinski definition) is 1. The summed E-state index contributed by atoms with van der Waals surface area (Å²) >= 11 is 0. The third-order valence-corrected chi connectivity index (χ3v) is 5.71. The Labute approximate surface area is 183 Å². The summed E-state index contributed by atoms with van der Waals surface area (Å²) in [5, 5.41) is 11.9. The zero-order chi connectivity index (χ0) is 21.8. The first-order chi connectivity index (χ1) is 15.0. The van der Waals surface area contributed by atoms with Gasteiger partial charge in [0.25, 0.3) is 0 Å². The van der Waals surface area contributed by atoms with E-state index in [1.54, 1.807) is 7.11 Å². The van der Waals surface area contributed by atoms with Crippen LogP contribution >= 0.6 is 0 Å². The van der Waals surface area contributed by atoms with Crippen molar-refractivity contribution < 1.29 is 9.53 Å². The second-order valence-corrected chi connectivity index (χ2v) is 8.10. The van der Waals surface area contributed by atoms with Gasteiger partial charge in [-0.2, -0.15) is 0 Å². The molecule has 1 N–H and O–H groups in total. The van der Waals surface area contributed by atoms with Crippen LogP contribution in [0.25, 0.3) is 11.3 Å². The van der Waals surface area contributed by atoms with Crippen molar-refractivity contribution in [2.75, 3.05) is 30.4 Å². The van der Waals surface area contributed by atoms with Crippen LogP contribution in [0.4, 0.5) is 11.5 Å². The van der Waals surface area contributed by atoms with Crippen molar-refractivity contribution in [3.63, 3.8) is 0 Å². The zero-order valence-corrected chi connectivity index (χ0v) is 18.3. The molecule has 2 heterocycles. The van der Waals surface area contributed by atoms with Gasteiger partial charge in [-0.1, -0.05) is 18.2 Å². The maximum absolute atomic E-state index is 12.7. The molecule has 6 nitrogen and oxygen atoms in total. The molecular weight excluding hydrogens is 388 g/mol. The van der Waals surface area contributed by atoms with Gasteiger partial charge in [0.2, 0.25) is 5.91 Å². The smallest absolute Gasteiger partial charge is 0.227 e. The molecule has 0 spiro atoms. The standard InChI is InChI=1S/C25H28N4O2/c1-17-14-18(2)16-20(15-17)26-25(30)19-10-12-29(13-11-19)24-9-8-22(27-28-24)21-6-4-5-7-23(21)31-3/h4-9,14-16,19H,10-13H2,1-3H3,(H,26,30). The topological polar surface area (TPSA) is 67.3 Å². The average Bonchev–Trinajstić information content (AvgIpc) is 2.78. The Hall–Kier alpha value is -3.41. The van der Waals surface area contributed by atoms with E-state index in [2.05, 4.69) is 26.5 Å². The van der Waals surface area contributed by atoms with E-state index in [1.165, 1.54) is 0 Å². The predicted molar refractivity (Wildman–Crippen MR) is 124 cm³/mol. The normalized spacial score (nSPS) is 14.4. The van der Waals surface area contributed by atoms with Gasteiger partial charge < -0.3 is 15.0 Å². The van der Waals surface area contributed by atoms with Crippen LogP contribution in [0, 0.1) is 19.8 Å². The summed E-state index contributed by atoms with van der Waals surface area (Å²) in [5.74, 6) is 1.73. The molecule has 0 atom stereocenters. The predicted octanol–water partition coefficient (Wildman–Crippen LogP) is 4.62. The number of aryl methyl sites for hydroxylation is 2. The Morgan fingerprint density at radius 1 is 1.00 bits per heavy atom. The van der Waals surface area contributed by atoms with E-state index in [9.17, 15) is 4.79 Å². The third kappa shape index (κ3) is 4.85. The van der Waals surface area contributed by atoms with Gasteiger partial charge in [-0.3, -0.25) is 4.79 Å². The van der Waals surface area contributed by atoms with Crippen molar-refractivity contribution in [2.24, 2.45) is 5.92 Å². The molecule has 1 fully saturated rings. The number of aromatic nitrogens is 2. The van der Waals surface area contributed by atoms with Crippen molar-refractivity contribution in [2.45, 2.75) is 26.7 Å². The van der Waals surface area contributed by atoms with Crippen LogP contribution in [0.15, 0.2) is 54.6 Å². The zero-order valence-electron chi connectivity index (χ0n) is 18.3. The number of rotatable bonds is 5. The molecule has 3 aromatic rings. The van der Waals surface area contributed by atoms with Gasteiger partial charge in [0, 0.05) is 30.3 Å². The molecule has 4 rings (SSSR count). The van der Waals surface area contributed by atoms with Crippen LogP contribution in [0.3, 0.4) is 0 Å². The number of hydrogen-bond acceptors (Lipinski definition) is 5. The second-order valence-electron chi connectivity index (χ2n) is 8.10. The first-order valence-electron chi connectivity index (χ1n) is 10.6. The molecule has 0 saturated carbocycles. The number of benzene rings is 2. The number of para-hydroxylation sites is 1. The molecule has 1 amide bonds. The highest BCUT2D eigenvalue weighted by Gasteiger charge is 2.26. The molecule has 1 saturated heterocycles. The average molecular weight is 417 g/mol. The van der Waals surface area contributed by atoms with Gasteiger partial charge in [0.15, 0.2) is 5.82 Å². The minimum atomic E-state index is 0.0119. The number of piperidine rings is 1. The molecule has 6 heteroatoms. The summed E-state index contributed by atoms with van der Waals surface area (Å²) in [6.45, 7) is 5.66. The summed E-state index contributed by atoms with van der Waals surface area (Å²) in [4.78, 5) is 14.9. The Morgan fingerprint density at radius 3 is 2.35 bits per heavy atom. The van der Waals surface area contributed by atoms with Crippen molar-refractivity contribution in [3.05, 3.63) is 65.7 Å². The van der Waals surface area contributed by atoms with E-state index in [0.29, 0.717) is 0 Å².